The average Bonchev–Trinajstić information content (AvgIpc) is 2.47. The highest BCUT2D eigenvalue weighted by atomic mass is 16.5. The van der Waals surface area contributed by atoms with Crippen molar-refractivity contribution in [2.45, 2.75) is 46.3 Å². The predicted octanol–water partition coefficient (Wildman–Crippen LogP) is 4.14. The molecule has 0 radical (unpaired) electrons. The highest BCUT2D eigenvalue weighted by molar-refractivity contribution is 5.49. The topological polar surface area (TPSA) is 47.0 Å². The van der Waals surface area contributed by atoms with Crippen LogP contribution in [0.25, 0.3) is 0 Å². The molecule has 4 nitrogen and oxygen atoms in total. The summed E-state index contributed by atoms with van der Waals surface area (Å²) in [4.78, 5) is 8.68. The molecule has 0 amide bonds. The van der Waals surface area contributed by atoms with Gasteiger partial charge in [-0.2, -0.15) is 0 Å². The third kappa shape index (κ3) is 4.18. The molecule has 0 aliphatic carbocycles. The Kier molecular flexibility index (Phi) is 5.14. The van der Waals surface area contributed by atoms with Crippen molar-refractivity contribution in [3.63, 3.8) is 0 Å². The lowest BCUT2D eigenvalue weighted by Crippen LogP contribution is -2.12. The zero-order chi connectivity index (χ0) is 15.2. The van der Waals surface area contributed by atoms with E-state index in [1.165, 1.54) is 0 Å². The first kappa shape index (κ1) is 15.3. The molecular formula is C17H23N3O. The van der Waals surface area contributed by atoms with E-state index in [0.29, 0.717) is 0 Å². The lowest BCUT2D eigenvalue weighted by atomic mass is 10.1. The Balaban J connectivity index is 2.09. The smallest absolute Gasteiger partial charge is 0.121 e. The van der Waals surface area contributed by atoms with Gasteiger partial charge in [-0.05, 0) is 39.3 Å². The summed E-state index contributed by atoms with van der Waals surface area (Å²) in [6.07, 6.45) is 4.65. The number of hydrogen-bond acceptors (Lipinski definition) is 4. The molecule has 0 bridgehead atoms. The van der Waals surface area contributed by atoms with Crippen LogP contribution in [-0.2, 0) is 0 Å². The van der Waals surface area contributed by atoms with Gasteiger partial charge in [0, 0.05) is 24.1 Å². The van der Waals surface area contributed by atoms with Crippen LogP contribution in [0, 0.1) is 6.92 Å². The Morgan fingerprint density at radius 2 is 1.95 bits per heavy atom. The molecule has 112 valence electrons. The summed E-state index contributed by atoms with van der Waals surface area (Å²) in [5.74, 6) is 0.886. The summed E-state index contributed by atoms with van der Waals surface area (Å²) in [5.41, 5.74) is 2.93. The lowest BCUT2D eigenvalue weighted by molar-refractivity contribution is 0.217. The molecule has 1 N–H and O–H groups in total. The third-order valence-electron chi connectivity index (χ3n) is 3.46. The largest absolute Gasteiger partial charge is 0.491 e. The van der Waals surface area contributed by atoms with Crippen LogP contribution in [0.15, 0.2) is 36.7 Å². The van der Waals surface area contributed by atoms with Crippen molar-refractivity contribution in [1.29, 1.82) is 0 Å². The van der Waals surface area contributed by atoms with E-state index in [0.717, 1.165) is 29.2 Å². The predicted molar refractivity (Wildman–Crippen MR) is 85.6 cm³/mol. The minimum Gasteiger partial charge on any atom is -0.491 e. The second-order valence-corrected chi connectivity index (χ2v) is 5.26. The summed E-state index contributed by atoms with van der Waals surface area (Å²) in [6.45, 7) is 8.25. The van der Waals surface area contributed by atoms with Crippen molar-refractivity contribution in [2.75, 3.05) is 5.32 Å². The average molecular weight is 285 g/mol. The number of aryl methyl sites for hydroxylation is 1. The summed E-state index contributed by atoms with van der Waals surface area (Å²) in [7, 11) is 0. The highest BCUT2D eigenvalue weighted by Crippen LogP contribution is 2.23. The number of anilines is 1. The molecule has 2 atom stereocenters. The number of nitrogens with zero attached hydrogens (tertiary/aromatic N) is 2. The van der Waals surface area contributed by atoms with Gasteiger partial charge in [-0.25, -0.2) is 0 Å². The van der Waals surface area contributed by atoms with Gasteiger partial charge >= 0.3 is 0 Å². The van der Waals surface area contributed by atoms with Crippen LogP contribution in [-0.4, -0.2) is 16.1 Å². The molecule has 1 aromatic carbocycles. The molecule has 1 aromatic heterocycles. The maximum absolute atomic E-state index is 5.85. The van der Waals surface area contributed by atoms with E-state index in [9.17, 15) is 0 Å². The van der Waals surface area contributed by atoms with Gasteiger partial charge < -0.3 is 10.1 Å². The standard InChI is InChI=1S/C17H23N3O/c1-5-12(2)21-16-8-6-7-15(11-16)20-14(4)17-13(3)18-9-10-19-17/h6-12,14,20H,5H2,1-4H3. The molecular weight excluding hydrogens is 262 g/mol. The van der Waals surface area contributed by atoms with Crippen molar-refractivity contribution < 1.29 is 4.74 Å². The van der Waals surface area contributed by atoms with Crippen LogP contribution >= 0.6 is 0 Å². The molecule has 2 unspecified atom stereocenters. The van der Waals surface area contributed by atoms with Gasteiger partial charge in [0.05, 0.1) is 23.5 Å². The second-order valence-electron chi connectivity index (χ2n) is 5.26. The van der Waals surface area contributed by atoms with Crippen LogP contribution in [0.4, 0.5) is 5.69 Å². The van der Waals surface area contributed by atoms with Crippen LogP contribution in [0.2, 0.25) is 0 Å². The Labute approximate surface area is 126 Å². The number of benzene rings is 1. The fourth-order valence-corrected chi connectivity index (χ4v) is 2.14. The van der Waals surface area contributed by atoms with Crippen LogP contribution < -0.4 is 10.1 Å². The van der Waals surface area contributed by atoms with Gasteiger partial charge in [-0.3, -0.25) is 9.97 Å². The maximum Gasteiger partial charge on any atom is 0.121 e. The van der Waals surface area contributed by atoms with E-state index in [-0.39, 0.29) is 12.1 Å². The monoisotopic (exact) mass is 285 g/mol. The van der Waals surface area contributed by atoms with Gasteiger partial charge in [0.1, 0.15) is 5.75 Å². The van der Waals surface area contributed by atoms with Gasteiger partial charge in [0.2, 0.25) is 0 Å². The minimum atomic E-state index is 0.0950. The van der Waals surface area contributed by atoms with E-state index < -0.39 is 0 Å². The van der Waals surface area contributed by atoms with Crippen molar-refractivity contribution in [3.8, 4) is 5.75 Å². The Hall–Kier alpha value is -2.10. The van der Waals surface area contributed by atoms with Crippen molar-refractivity contribution >= 4 is 5.69 Å². The molecule has 0 saturated heterocycles. The molecule has 0 saturated carbocycles. The first-order valence-electron chi connectivity index (χ1n) is 7.41. The normalized spacial score (nSPS) is 13.5. The Morgan fingerprint density at radius 1 is 1.19 bits per heavy atom. The number of nitrogens with one attached hydrogen (secondary N) is 1. The van der Waals surface area contributed by atoms with Gasteiger partial charge in [0.25, 0.3) is 0 Å². The fourth-order valence-electron chi connectivity index (χ4n) is 2.14. The first-order chi connectivity index (χ1) is 10.1. The number of ether oxygens (including phenoxy) is 1. The molecule has 4 heteroatoms. The summed E-state index contributed by atoms with van der Waals surface area (Å²) < 4.78 is 5.85. The third-order valence-corrected chi connectivity index (χ3v) is 3.46. The Bertz CT molecular complexity index is 586. The quantitative estimate of drug-likeness (QED) is 0.866. The molecule has 21 heavy (non-hydrogen) atoms. The summed E-state index contributed by atoms with van der Waals surface area (Å²) in [6, 6.07) is 8.13. The number of hydrogen-bond donors (Lipinski definition) is 1. The first-order valence-corrected chi connectivity index (χ1v) is 7.41. The molecule has 0 aliphatic rings. The van der Waals surface area contributed by atoms with E-state index in [1.807, 2.05) is 31.2 Å². The van der Waals surface area contributed by atoms with E-state index in [2.05, 4.69) is 36.1 Å². The Morgan fingerprint density at radius 3 is 2.67 bits per heavy atom. The van der Waals surface area contributed by atoms with E-state index in [1.54, 1.807) is 12.4 Å². The second kappa shape index (κ2) is 7.07. The fraction of sp³-hybridized carbons (Fsp3) is 0.412. The lowest BCUT2D eigenvalue weighted by Gasteiger charge is -2.18. The van der Waals surface area contributed by atoms with Crippen LogP contribution in [0.1, 0.15) is 44.6 Å². The zero-order valence-corrected chi connectivity index (χ0v) is 13.1. The molecule has 2 aromatic rings. The van der Waals surface area contributed by atoms with Gasteiger partial charge in [-0.1, -0.05) is 13.0 Å². The van der Waals surface area contributed by atoms with Gasteiger partial charge in [-0.15, -0.1) is 0 Å². The molecule has 1 heterocycles. The van der Waals surface area contributed by atoms with E-state index in [4.69, 9.17) is 4.74 Å². The van der Waals surface area contributed by atoms with Crippen molar-refractivity contribution in [3.05, 3.63) is 48.0 Å². The number of rotatable bonds is 6. The van der Waals surface area contributed by atoms with Crippen LogP contribution in [0.5, 0.6) is 5.75 Å². The molecule has 0 spiro atoms. The SMILES string of the molecule is CCC(C)Oc1cccc(NC(C)c2nccnc2C)c1. The van der Waals surface area contributed by atoms with E-state index >= 15 is 0 Å². The zero-order valence-electron chi connectivity index (χ0n) is 13.1. The summed E-state index contributed by atoms with van der Waals surface area (Å²) in [5, 5.41) is 3.45. The van der Waals surface area contributed by atoms with Crippen LogP contribution in [0.3, 0.4) is 0 Å². The summed E-state index contributed by atoms with van der Waals surface area (Å²) >= 11 is 0. The molecule has 0 fully saturated rings. The maximum atomic E-state index is 5.85. The highest BCUT2D eigenvalue weighted by Gasteiger charge is 2.11. The molecule has 2 rings (SSSR count). The van der Waals surface area contributed by atoms with Crippen molar-refractivity contribution in [2.24, 2.45) is 0 Å². The van der Waals surface area contributed by atoms with Crippen molar-refractivity contribution in [1.82, 2.24) is 9.97 Å². The molecule has 0 aliphatic heterocycles. The number of aromatic nitrogens is 2. The minimum absolute atomic E-state index is 0.0950. The van der Waals surface area contributed by atoms with Gasteiger partial charge in [0.15, 0.2) is 0 Å².